The van der Waals surface area contributed by atoms with Crippen molar-refractivity contribution >= 4 is 15.9 Å². The number of hydrogen-bond acceptors (Lipinski definition) is 4. The Labute approximate surface area is 102 Å². The molecule has 0 bridgehead atoms. The van der Waals surface area contributed by atoms with Gasteiger partial charge in [-0.15, -0.1) is 0 Å². The summed E-state index contributed by atoms with van der Waals surface area (Å²) >= 11 is 0. The predicted octanol–water partition coefficient (Wildman–Crippen LogP) is 0.346. The van der Waals surface area contributed by atoms with Crippen LogP contribution in [0.5, 0.6) is 0 Å². The molecule has 2 aliphatic rings. The van der Waals surface area contributed by atoms with Gasteiger partial charge in [0.25, 0.3) is 15.9 Å². The molecule has 0 radical (unpaired) electrons. The van der Waals surface area contributed by atoms with Crippen molar-refractivity contribution in [3.63, 3.8) is 0 Å². The number of aliphatic hydroxyl groups excluding tert-OH is 1. The van der Waals surface area contributed by atoms with Gasteiger partial charge in [0.1, 0.15) is 0 Å². The van der Waals surface area contributed by atoms with Gasteiger partial charge in [-0.3, -0.25) is 4.79 Å². The van der Waals surface area contributed by atoms with Crippen LogP contribution in [0.3, 0.4) is 0 Å². The van der Waals surface area contributed by atoms with Crippen LogP contribution in [-0.2, 0) is 14.8 Å². The zero-order chi connectivity index (χ0) is 12.8. The van der Waals surface area contributed by atoms with Crippen LogP contribution >= 0.6 is 0 Å². The molecular formula is C11H19NO4S. The second-order valence-electron chi connectivity index (χ2n) is 5.49. The Kier molecular flexibility index (Phi) is 2.98. The summed E-state index contributed by atoms with van der Waals surface area (Å²) in [6.07, 6.45) is 2.82. The van der Waals surface area contributed by atoms with Crippen LogP contribution in [0.4, 0.5) is 0 Å². The Hall–Kier alpha value is -0.620. The highest BCUT2D eigenvalue weighted by Gasteiger charge is 2.60. The van der Waals surface area contributed by atoms with E-state index in [0.29, 0.717) is 0 Å². The highest BCUT2D eigenvalue weighted by Crippen LogP contribution is 2.39. The van der Waals surface area contributed by atoms with Crippen molar-refractivity contribution in [2.24, 2.45) is 11.8 Å². The van der Waals surface area contributed by atoms with E-state index in [1.165, 1.54) is 13.8 Å². The van der Waals surface area contributed by atoms with Gasteiger partial charge in [0, 0.05) is 13.2 Å². The molecule has 2 unspecified atom stereocenters. The zero-order valence-corrected chi connectivity index (χ0v) is 11.0. The van der Waals surface area contributed by atoms with Gasteiger partial charge in [0.05, 0.1) is 0 Å². The first-order chi connectivity index (χ1) is 7.82. The molecule has 2 atom stereocenters. The SMILES string of the molecule is CC1(C)C(=O)N(CC2CCCC2CO)S1(=O)=O. The highest BCUT2D eigenvalue weighted by atomic mass is 32.2. The minimum Gasteiger partial charge on any atom is -0.396 e. The summed E-state index contributed by atoms with van der Waals surface area (Å²) in [4.78, 5) is 11.8. The van der Waals surface area contributed by atoms with Crippen LogP contribution in [0.1, 0.15) is 33.1 Å². The molecule has 17 heavy (non-hydrogen) atoms. The molecule has 2 fully saturated rings. The first-order valence-corrected chi connectivity index (χ1v) is 7.44. The summed E-state index contributed by atoms with van der Waals surface area (Å²) in [5.41, 5.74) is 0. The predicted molar refractivity (Wildman–Crippen MR) is 62.6 cm³/mol. The molecule has 0 aromatic heterocycles. The smallest absolute Gasteiger partial charge is 0.258 e. The Bertz CT molecular complexity index is 429. The molecule has 1 aliphatic carbocycles. The molecule has 6 heteroatoms. The molecule has 0 aromatic rings. The van der Waals surface area contributed by atoms with Crippen molar-refractivity contribution in [1.29, 1.82) is 0 Å². The Morgan fingerprint density at radius 3 is 2.47 bits per heavy atom. The normalized spacial score (nSPS) is 34.8. The van der Waals surface area contributed by atoms with E-state index in [1.807, 2.05) is 0 Å². The molecule has 1 aliphatic heterocycles. The van der Waals surface area contributed by atoms with Crippen molar-refractivity contribution in [2.45, 2.75) is 37.9 Å². The number of aliphatic hydroxyl groups is 1. The van der Waals surface area contributed by atoms with Gasteiger partial charge in [-0.2, -0.15) is 0 Å². The third-order valence-corrected chi connectivity index (χ3v) is 6.49. The van der Waals surface area contributed by atoms with Crippen LogP contribution < -0.4 is 0 Å². The maximum Gasteiger partial charge on any atom is 0.258 e. The van der Waals surface area contributed by atoms with Gasteiger partial charge >= 0.3 is 0 Å². The Morgan fingerprint density at radius 1 is 1.35 bits per heavy atom. The zero-order valence-electron chi connectivity index (χ0n) is 10.2. The first kappa shape index (κ1) is 12.8. The summed E-state index contributed by atoms with van der Waals surface area (Å²) in [6.45, 7) is 3.21. The van der Waals surface area contributed by atoms with Crippen molar-refractivity contribution in [1.82, 2.24) is 4.31 Å². The van der Waals surface area contributed by atoms with Crippen LogP contribution in [0.15, 0.2) is 0 Å². The first-order valence-electron chi connectivity index (χ1n) is 6.00. The number of carbonyl (C=O) groups excluding carboxylic acids is 1. The van der Waals surface area contributed by atoms with E-state index in [1.54, 1.807) is 0 Å². The van der Waals surface area contributed by atoms with Crippen molar-refractivity contribution in [3.8, 4) is 0 Å². The van der Waals surface area contributed by atoms with E-state index >= 15 is 0 Å². The maximum absolute atomic E-state index is 11.9. The minimum absolute atomic E-state index is 0.0795. The fourth-order valence-corrected chi connectivity index (χ4v) is 4.33. The summed E-state index contributed by atoms with van der Waals surface area (Å²) in [6, 6.07) is 0. The second-order valence-corrected chi connectivity index (χ2v) is 7.90. The lowest BCUT2D eigenvalue weighted by Crippen LogP contribution is -2.68. The standard InChI is InChI=1S/C11H19NO4S/c1-11(2)10(14)12(17(11,15)16)6-8-4-3-5-9(8)7-13/h8-9,13H,3-7H2,1-2H3. The number of sulfonamides is 1. The van der Waals surface area contributed by atoms with E-state index in [-0.39, 0.29) is 30.9 Å². The number of amides is 1. The molecule has 0 aromatic carbocycles. The van der Waals surface area contributed by atoms with Gasteiger partial charge < -0.3 is 5.11 Å². The van der Waals surface area contributed by atoms with Gasteiger partial charge in [0.15, 0.2) is 4.75 Å². The summed E-state index contributed by atoms with van der Waals surface area (Å²) in [5, 5.41) is 9.19. The summed E-state index contributed by atoms with van der Waals surface area (Å²) in [7, 11) is -3.47. The molecule has 1 N–H and O–H groups in total. The van der Waals surface area contributed by atoms with Crippen LogP contribution in [0, 0.1) is 11.8 Å². The van der Waals surface area contributed by atoms with E-state index in [0.717, 1.165) is 23.6 Å². The molecule has 98 valence electrons. The monoisotopic (exact) mass is 261 g/mol. The van der Waals surface area contributed by atoms with Crippen LogP contribution in [0.25, 0.3) is 0 Å². The molecule has 5 nitrogen and oxygen atoms in total. The molecule has 1 amide bonds. The lowest BCUT2D eigenvalue weighted by Gasteiger charge is -2.44. The lowest BCUT2D eigenvalue weighted by atomic mass is 9.96. The van der Waals surface area contributed by atoms with Gasteiger partial charge in [-0.25, -0.2) is 12.7 Å². The summed E-state index contributed by atoms with van der Waals surface area (Å²) in [5.74, 6) is -0.0578. The third-order valence-electron chi connectivity index (χ3n) is 4.13. The molecule has 1 heterocycles. The second kappa shape index (κ2) is 3.95. The van der Waals surface area contributed by atoms with Gasteiger partial charge in [-0.05, 0) is 38.5 Å². The number of rotatable bonds is 3. The minimum atomic E-state index is -3.47. The molecule has 0 spiro atoms. The lowest BCUT2D eigenvalue weighted by molar-refractivity contribution is -0.132. The van der Waals surface area contributed by atoms with Crippen LogP contribution in [0.2, 0.25) is 0 Å². The highest BCUT2D eigenvalue weighted by molar-refractivity contribution is 7.94. The largest absolute Gasteiger partial charge is 0.396 e. The number of nitrogens with zero attached hydrogens (tertiary/aromatic N) is 1. The Morgan fingerprint density at radius 2 is 1.94 bits per heavy atom. The van der Waals surface area contributed by atoms with Gasteiger partial charge in [-0.1, -0.05) is 6.42 Å². The number of hydrogen-bond donors (Lipinski definition) is 1. The van der Waals surface area contributed by atoms with Crippen molar-refractivity contribution in [2.75, 3.05) is 13.2 Å². The van der Waals surface area contributed by atoms with Crippen molar-refractivity contribution in [3.05, 3.63) is 0 Å². The van der Waals surface area contributed by atoms with Gasteiger partial charge in [0.2, 0.25) is 0 Å². The molecule has 2 rings (SSSR count). The van der Waals surface area contributed by atoms with E-state index in [4.69, 9.17) is 0 Å². The molecule has 1 saturated heterocycles. The van der Waals surface area contributed by atoms with E-state index < -0.39 is 14.8 Å². The quantitative estimate of drug-likeness (QED) is 0.795. The summed E-state index contributed by atoms with van der Waals surface area (Å²) < 4.78 is 23.5. The Balaban J connectivity index is 2.09. The topological polar surface area (TPSA) is 74.7 Å². The molecule has 1 saturated carbocycles. The fourth-order valence-electron chi connectivity index (χ4n) is 2.74. The third kappa shape index (κ3) is 1.69. The van der Waals surface area contributed by atoms with E-state index in [9.17, 15) is 18.3 Å². The average Bonchev–Trinajstić information content (AvgIpc) is 2.71. The van der Waals surface area contributed by atoms with E-state index in [2.05, 4.69) is 0 Å². The van der Waals surface area contributed by atoms with Crippen molar-refractivity contribution < 1.29 is 18.3 Å². The maximum atomic E-state index is 11.9. The van der Waals surface area contributed by atoms with Crippen LogP contribution in [-0.4, -0.2) is 41.6 Å². The fraction of sp³-hybridized carbons (Fsp3) is 0.909. The number of carbonyl (C=O) groups is 1. The molecular weight excluding hydrogens is 242 g/mol. The average molecular weight is 261 g/mol.